The first-order valence-corrected chi connectivity index (χ1v) is 7.84. The summed E-state index contributed by atoms with van der Waals surface area (Å²) in [5.74, 6) is 2.23. The average Bonchev–Trinajstić information content (AvgIpc) is 3.06. The van der Waals surface area contributed by atoms with E-state index in [1.165, 1.54) is 0 Å². The molecule has 2 atom stereocenters. The van der Waals surface area contributed by atoms with Crippen molar-refractivity contribution in [3.05, 3.63) is 42.1 Å². The predicted octanol–water partition coefficient (Wildman–Crippen LogP) is 1.82. The maximum absolute atomic E-state index is 13.9. The molecule has 0 aliphatic carbocycles. The van der Waals surface area contributed by atoms with Gasteiger partial charge >= 0.3 is 0 Å². The molecule has 0 spiro atoms. The van der Waals surface area contributed by atoms with E-state index in [0.717, 1.165) is 18.1 Å². The molecule has 2 aromatic heterocycles. The molecular weight excluding hydrogens is 297 g/mol. The second kappa shape index (κ2) is 7.14. The van der Waals surface area contributed by atoms with Gasteiger partial charge in [0.25, 0.3) is 0 Å². The second-order valence-electron chi connectivity index (χ2n) is 6.14. The van der Waals surface area contributed by atoms with Crippen LogP contribution in [0, 0.1) is 6.92 Å². The number of aromatic nitrogens is 3. The van der Waals surface area contributed by atoms with Crippen LogP contribution in [0.3, 0.4) is 0 Å². The minimum Gasteiger partial charge on any atom is -0.445 e. The largest absolute Gasteiger partial charge is 0.445 e. The topological polar surface area (TPSA) is 58.3 Å². The Morgan fingerprint density at radius 3 is 2.83 bits per heavy atom. The van der Waals surface area contributed by atoms with Gasteiger partial charge in [-0.1, -0.05) is 0 Å². The van der Waals surface area contributed by atoms with Crippen LogP contribution < -0.4 is 0 Å². The maximum atomic E-state index is 13.9. The molecule has 1 aliphatic heterocycles. The summed E-state index contributed by atoms with van der Waals surface area (Å²) in [6.45, 7) is 4.28. The van der Waals surface area contributed by atoms with Gasteiger partial charge in [-0.3, -0.25) is 9.80 Å². The zero-order chi connectivity index (χ0) is 16.2. The van der Waals surface area contributed by atoms with Crippen LogP contribution in [0.2, 0.25) is 0 Å². The first-order chi connectivity index (χ1) is 11.1. The zero-order valence-electron chi connectivity index (χ0n) is 13.5. The maximum Gasteiger partial charge on any atom is 0.208 e. The van der Waals surface area contributed by atoms with Crippen LogP contribution in [-0.2, 0) is 13.1 Å². The highest BCUT2D eigenvalue weighted by Crippen LogP contribution is 2.23. The van der Waals surface area contributed by atoms with Crippen LogP contribution in [-0.4, -0.2) is 57.1 Å². The van der Waals surface area contributed by atoms with E-state index in [4.69, 9.17) is 4.42 Å². The third-order valence-electron chi connectivity index (χ3n) is 4.04. The number of rotatable bonds is 6. The molecule has 0 amide bonds. The van der Waals surface area contributed by atoms with Crippen LogP contribution in [0.25, 0.3) is 0 Å². The van der Waals surface area contributed by atoms with Crippen molar-refractivity contribution in [2.45, 2.75) is 38.6 Å². The summed E-state index contributed by atoms with van der Waals surface area (Å²) in [7, 11) is 2.00. The van der Waals surface area contributed by atoms with E-state index in [2.05, 4.69) is 24.8 Å². The highest BCUT2D eigenvalue weighted by molar-refractivity contribution is 4.95. The lowest BCUT2D eigenvalue weighted by Gasteiger charge is -2.27. The highest BCUT2D eigenvalue weighted by atomic mass is 19.1. The molecule has 2 aromatic rings. The zero-order valence-corrected chi connectivity index (χ0v) is 13.5. The van der Waals surface area contributed by atoms with Crippen LogP contribution in [0.5, 0.6) is 0 Å². The van der Waals surface area contributed by atoms with E-state index in [-0.39, 0.29) is 6.04 Å². The fourth-order valence-electron chi connectivity index (χ4n) is 3.03. The van der Waals surface area contributed by atoms with Crippen molar-refractivity contribution in [3.63, 3.8) is 0 Å². The SMILES string of the molecule is Cc1cnc(CN(C)C[C@@H]2C[C@H](F)CN2Cc2ncccn2)o1. The van der Waals surface area contributed by atoms with Crippen molar-refractivity contribution < 1.29 is 8.81 Å². The molecule has 0 aromatic carbocycles. The Hall–Kier alpha value is -1.86. The van der Waals surface area contributed by atoms with Gasteiger partial charge in [-0.2, -0.15) is 0 Å². The van der Waals surface area contributed by atoms with Crippen molar-refractivity contribution in [3.8, 4) is 0 Å². The average molecular weight is 319 g/mol. The number of hydrogen-bond donors (Lipinski definition) is 0. The summed E-state index contributed by atoms with van der Waals surface area (Å²) in [4.78, 5) is 16.9. The Balaban J connectivity index is 1.58. The predicted molar refractivity (Wildman–Crippen MR) is 83.3 cm³/mol. The summed E-state index contributed by atoms with van der Waals surface area (Å²) in [6.07, 6.45) is 4.91. The molecule has 0 radical (unpaired) electrons. The van der Waals surface area contributed by atoms with E-state index >= 15 is 0 Å². The Bertz CT molecular complexity index is 620. The van der Waals surface area contributed by atoms with E-state index in [1.807, 2.05) is 14.0 Å². The molecule has 124 valence electrons. The normalized spacial score (nSPS) is 22.1. The van der Waals surface area contributed by atoms with Crippen LogP contribution >= 0.6 is 0 Å². The molecule has 3 rings (SSSR count). The van der Waals surface area contributed by atoms with Gasteiger partial charge in [0.2, 0.25) is 5.89 Å². The lowest BCUT2D eigenvalue weighted by molar-refractivity contribution is 0.170. The molecule has 3 heterocycles. The number of nitrogens with zero attached hydrogens (tertiary/aromatic N) is 5. The lowest BCUT2D eigenvalue weighted by atomic mass is 10.2. The fourth-order valence-corrected chi connectivity index (χ4v) is 3.03. The van der Waals surface area contributed by atoms with Gasteiger partial charge in [-0.15, -0.1) is 0 Å². The number of aryl methyl sites for hydroxylation is 1. The van der Waals surface area contributed by atoms with E-state index in [9.17, 15) is 4.39 Å². The molecule has 23 heavy (non-hydrogen) atoms. The third-order valence-corrected chi connectivity index (χ3v) is 4.04. The summed E-state index contributed by atoms with van der Waals surface area (Å²) in [5, 5.41) is 0. The van der Waals surface area contributed by atoms with Crippen molar-refractivity contribution in [2.24, 2.45) is 0 Å². The molecule has 0 N–H and O–H groups in total. The standard InChI is InChI=1S/C16H22FN5O/c1-12-7-20-16(23-12)11-21(2)9-14-6-13(17)8-22(14)10-15-18-4-3-5-19-15/h3-5,7,13-14H,6,8-11H2,1-2H3/t13-,14-/m0/s1. The molecule has 1 aliphatic rings. The monoisotopic (exact) mass is 319 g/mol. The molecule has 1 fully saturated rings. The smallest absolute Gasteiger partial charge is 0.208 e. The van der Waals surface area contributed by atoms with E-state index < -0.39 is 6.17 Å². The first kappa shape index (κ1) is 16.0. The molecule has 6 nitrogen and oxygen atoms in total. The number of alkyl halides is 1. The van der Waals surface area contributed by atoms with Crippen molar-refractivity contribution in [1.82, 2.24) is 24.8 Å². The van der Waals surface area contributed by atoms with Gasteiger partial charge in [0.05, 0.1) is 19.3 Å². The van der Waals surface area contributed by atoms with Gasteiger partial charge in [0.1, 0.15) is 17.8 Å². The molecule has 0 saturated carbocycles. The van der Waals surface area contributed by atoms with E-state index in [0.29, 0.717) is 31.9 Å². The molecule has 7 heteroatoms. The van der Waals surface area contributed by atoms with Crippen molar-refractivity contribution in [1.29, 1.82) is 0 Å². The second-order valence-corrected chi connectivity index (χ2v) is 6.14. The lowest BCUT2D eigenvalue weighted by Crippen LogP contribution is -2.38. The summed E-state index contributed by atoms with van der Waals surface area (Å²) < 4.78 is 19.4. The van der Waals surface area contributed by atoms with Crippen LogP contribution in [0.1, 0.15) is 23.9 Å². The van der Waals surface area contributed by atoms with Gasteiger partial charge in [0, 0.05) is 31.5 Å². The van der Waals surface area contributed by atoms with Gasteiger partial charge in [-0.25, -0.2) is 19.3 Å². The van der Waals surface area contributed by atoms with Crippen molar-refractivity contribution >= 4 is 0 Å². The fraction of sp³-hybridized carbons (Fsp3) is 0.562. The van der Waals surface area contributed by atoms with Gasteiger partial charge < -0.3 is 4.42 Å². The first-order valence-electron chi connectivity index (χ1n) is 7.84. The van der Waals surface area contributed by atoms with Crippen LogP contribution in [0.4, 0.5) is 4.39 Å². The Morgan fingerprint density at radius 2 is 2.13 bits per heavy atom. The number of halogens is 1. The van der Waals surface area contributed by atoms with Crippen LogP contribution in [0.15, 0.2) is 29.1 Å². The molecular formula is C16H22FN5O. The molecule has 1 saturated heterocycles. The number of likely N-dealkylation sites (tertiary alicyclic amines) is 1. The Morgan fingerprint density at radius 1 is 1.35 bits per heavy atom. The summed E-state index contributed by atoms with van der Waals surface area (Å²) in [5.41, 5.74) is 0. The number of hydrogen-bond acceptors (Lipinski definition) is 6. The van der Waals surface area contributed by atoms with Gasteiger partial charge in [-0.05, 0) is 26.5 Å². The number of oxazole rings is 1. The Kier molecular flexibility index (Phi) is 4.97. The summed E-state index contributed by atoms with van der Waals surface area (Å²) >= 11 is 0. The minimum absolute atomic E-state index is 0.148. The van der Waals surface area contributed by atoms with Crippen molar-refractivity contribution in [2.75, 3.05) is 20.1 Å². The highest BCUT2D eigenvalue weighted by Gasteiger charge is 2.33. The third kappa shape index (κ3) is 4.33. The quantitative estimate of drug-likeness (QED) is 0.809. The summed E-state index contributed by atoms with van der Waals surface area (Å²) in [6, 6.07) is 1.93. The Labute approximate surface area is 135 Å². The number of likely N-dealkylation sites (N-methyl/N-ethyl adjacent to an activating group) is 1. The minimum atomic E-state index is -0.791. The van der Waals surface area contributed by atoms with Gasteiger partial charge in [0.15, 0.2) is 0 Å². The molecule has 0 bridgehead atoms. The van der Waals surface area contributed by atoms with E-state index in [1.54, 1.807) is 24.7 Å². The molecule has 0 unspecified atom stereocenters.